The van der Waals surface area contributed by atoms with E-state index >= 15 is 0 Å². The van der Waals surface area contributed by atoms with Gasteiger partial charge in [0.15, 0.2) is 0 Å². The van der Waals surface area contributed by atoms with Crippen LogP contribution >= 0.6 is 27.6 Å². The normalized spacial score (nSPS) is 9.00. The molecule has 0 heterocycles. The fourth-order valence-electron chi connectivity index (χ4n) is 0. The molecule has 0 saturated heterocycles. The molecular formula is AuCl3Co. The molecule has 0 aromatic heterocycles. The van der Waals surface area contributed by atoms with E-state index in [0.717, 1.165) is 0 Å². The van der Waals surface area contributed by atoms with E-state index in [9.17, 15) is 0 Å². The van der Waals surface area contributed by atoms with Crippen molar-refractivity contribution in [1.29, 1.82) is 0 Å². The zero-order chi connectivity index (χ0) is 3.58. The van der Waals surface area contributed by atoms with Crippen LogP contribution in [0.5, 0.6) is 0 Å². The molecule has 0 saturated carbocycles. The summed E-state index contributed by atoms with van der Waals surface area (Å²) in [6.07, 6.45) is 0. The van der Waals surface area contributed by atoms with Gasteiger partial charge in [-0.1, -0.05) is 0 Å². The van der Waals surface area contributed by atoms with Crippen LogP contribution in [0.4, 0.5) is 0 Å². The van der Waals surface area contributed by atoms with Crippen LogP contribution in [-0.4, -0.2) is 0 Å². The molecule has 0 rings (SSSR count). The van der Waals surface area contributed by atoms with Crippen LogP contribution in [0.2, 0.25) is 0 Å². The minimum Gasteiger partial charge on any atom is 0 e. The first kappa shape index (κ1) is 10.2. The Bertz CT molecular complexity index is 11.6. The Hall–Kier alpha value is 2.12. The third-order valence-corrected chi connectivity index (χ3v) is 0. The molecule has 0 aliphatic rings. The second kappa shape index (κ2) is 6.12. The molecule has 41 valence electrons. The van der Waals surface area contributed by atoms with Gasteiger partial charge in [0.05, 0.1) is 0 Å². The summed E-state index contributed by atoms with van der Waals surface area (Å²) in [5, 5.41) is 0. The van der Waals surface area contributed by atoms with Crippen molar-refractivity contribution in [2.45, 2.75) is 0 Å². The monoisotopic (exact) mass is 361 g/mol. The van der Waals surface area contributed by atoms with Crippen molar-refractivity contribution in [2.75, 3.05) is 0 Å². The molecule has 0 unspecified atom stereocenters. The summed E-state index contributed by atoms with van der Waals surface area (Å²) in [6.45, 7) is 0. The fourth-order valence-corrected chi connectivity index (χ4v) is 0. The first-order valence-electron chi connectivity index (χ1n) is 0.342. The molecule has 0 aliphatic heterocycles. The van der Waals surface area contributed by atoms with Crippen molar-refractivity contribution in [1.82, 2.24) is 0 Å². The Kier molecular flexibility index (Phi) is 12.4. The zero-order valence-electron chi connectivity index (χ0n) is 1.77. The molecule has 0 aromatic carbocycles. The predicted octanol–water partition coefficient (Wildman–Crippen LogP) is 2.06. The minimum absolute atomic E-state index is 0. The topological polar surface area (TPSA) is 0 Å². The van der Waals surface area contributed by atoms with E-state index < -0.39 is 15.2 Å². The predicted molar refractivity (Wildman–Crippen MR) is 17.6 cm³/mol. The van der Waals surface area contributed by atoms with Gasteiger partial charge in [-0.15, -0.1) is 0 Å². The summed E-state index contributed by atoms with van der Waals surface area (Å²) in [5.41, 5.74) is 0. The van der Waals surface area contributed by atoms with Gasteiger partial charge in [-0.2, -0.15) is 0 Å². The van der Waals surface area contributed by atoms with Crippen molar-refractivity contribution in [3.63, 3.8) is 0 Å². The Morgan fingerprint density at radius 1 is 1.00 bits per heavy atom. The van der Waals surface area contributed by atoms with Gasteiger partial charge < -0.3 is 0 Å². The Labute approximate surface area is 58.9 Å². The van der Waals surface area contributed by atoms with Crippen molar-refractivity contribution >= 4 is 27.6 Å². The van der Waals surface area contributed by atoms with Crippen LogP contribution in [0.1, 0.15) is 0 Å². The second-order valence-corrected chi connectivity index (χ2v) is 9.52. The Morgan fingerprint density at radius 3 is 1.00 bits per heavy atom. The second-order valence-electron chi connectivity index (χ2n) is 0.129. The van der Waals surface area contributed by atoms with Gasteiger partial charge in [-0.05, 0) is 0 Å². The summed E-state index contributed by atoms with van der Waals surface area (Å²) in [4.78, 5) is 0. The average Bonchev–Trinajstić information content (AvgIpc) is 0.811. The van der Waals surface area contributed by atoms with Crippen molar-refractivity contribution in [2.24, 2.45) is 0 Å². The van der Waals surface area contributed by atoms with Gasteiger partial charge in [0, 0.05) is 16.8 Å². The zero-order valence-corrected chi connectivity index (χ0v) is 7.24. The van der Waals surface area contributed by atoms with E-state index in [0.29, 0.717) is 0 Å². The van der Waals surface area contributed by atoms with Crippen LogP contribution in [-0.2, 0) is 32.0 Å². The molecule has 0 spiro atoms. The van der Waals surface area contributed by atoms with Gasteiger partial charge in [-0.3, -0.25) is 0 Å². The van der Waals surface area contributed by atoms with E-state index in [-0.39, 0.29) is 16.8 Å². The Balaban J connectivity index is 0. The maximum absolute atomic E-state index is 4.95. The van der Waals surface area contributed by atoms with Crippen molar-refractivity contribution < 1.29 is 32.0 Å². The maximum atomic E-state index is 4.95. The summed E-state index contributed by atoms with van der Waals surface area (Å²) < 4.78 is 0. The summed E-state index contributed by atoms with van der Waals surface area (Å²) in [5.74, 6) is 0. The molecule has 0 amide bonds. The SMILES string of the molecule is [Cl][Au]([Cl])[Cl].[Co]. The van der Waals surface area contributed by atoms with E-state index in [2.05, 4.69) is 0 Å². The van der Waals surface area contributed by atoms with Gasteiger partial charge in [0.2, 0.25) is 0 Å². The number of halogens is 3. The molecule has 5 heavy (non-hydrogen) atoms. The van der Waals surface area contributed by atoms with Crippen LogP contribution in [0.25, 0.3) is 0 Å². The first-order valence-corrected chi connectivity index (χ1v) is 8.40. The minimum atomic E-state index is -1.79. The molecule has 1 radical (unpaired) electrons. The van der Waals surface area contributed by atoms with Crippen molar-refractivity contribution in [3.05, 3.63) is 0 Å². The van der Waals surface area contributed by atoms with Crippen LogP contribution in [0.3, 0.4) is 0 Å². The quantitative estimate of drug-likeness (QED) is 0.579. The van der Waals surface area contributed by atoms with Gasteiger partial charge in [0.1, 0.15) is 0 Å². The Morgan fingerprint density at radius 2 is 1.00 bits per heavy atom. The molecule has 5 heteroatoms. The van der Waals surface area contributed by atoms with Crippen LogP contribution in [0.15, 0.2) is 0 Å². The van der Waals surface area contributed by atoms with Crippen molar-refractivity contribution in [3.8, 4) is 0 Å². The van der Waals surface area contributed by atoms with Gasteiger partial charge >= 0.3 is 42.8 Å². The van der Waals surface area contributed by atoms with Gasteiger partial charge in [-0.25, -0.2) is 0 Å². The first-order chi connectivity index (χ1) is 1.73. The third-order valence-electron chi connectivity index (χ3n) is 0. The average molecular weight is 362 g/mol. The fraction of sp³-hybridized carbons (Fsp3) is 0. The number of hydrogen-bond acceptors (Lipinski definition) is 0. The molecule has 0 bridgehead atoms. The molecule has 0 fully saturated rings. The van der Waals surface area contributed by atoms with E-state index in [1.165, 1.54) is 0 Å². The van der Waals surface area contributed by atoms with E-state index in [1.807, 2.05) is 0 Å². The molecule has 0 aliphatic carbocycles. The largest absolute Gasteiger partial charge is 0 e. The molecule has 0 N–H and O–H groups in total. The van der Waals surface area contributed by atoms with Gasteiger partial charge in [0.25, 0.3) is 0 Å². The summed E-state index contributed by atoms with van der Waals surface area (Å²) >= 11 is -1.79. The van der Waals surface area contributed by atoms with Crippen LogP contribution < -0.4 is 0 Å². The number of hydrogen-bond donors (Lipinski definition) is 0. The number of rotatable bonds is 0. The molecule has 0 aromatic rings. The molecular weight excluding hydrogens is 362 g/mol. The maximum Gasteiger partial charge on any atom is 0 e. The molecule has 0 atom stereocenters. The van der Waals surface area contributed by atoms with E-state index in [1.54, 1.807) is 0 Å². The summed E-state index contributed by atoms with van der Waals surface area (Å²) in [6, 6.07) is 0. The van der Waals surface area contributed by atoms with Crippen LogP contribution in [0, 0.1) is 0 Å². The molecule has 0 nitrogen and oxygen atoms in total. The standard InChI is InChI=1S/Au.3ClH.Co/h;3*1H;/q+3;;;;/p-3. The smallest absolute Gasteiger partial charge is 0 e. The third kappa shape index (κ3) is 23.1. The van der Waals surface area contributed by atoms with E-state index in [4.69, 9.17) is 27.6 Å². The summed E-state index contributed by atoms with van der Waals surface area (Å²) in [7, 11) is 14.9.